The van der Waals surface area contributed by atoms with Crippen LogP contribution in [-0.4, -0.2) is 30.5 Å². The van der Waals surface area contributed by atoms with Crippen molar-refractivity contribution < 1.29 is 4.74 Å². The first kappa shape index (κ1) is 25.4. The first-order valence-electron chi connectivity index (χ1n) is 12.9. The van der Waals surface area contributed by atoms with Crippen LogP contribution in [0.4, 0.5) is 0 Å². The zero-order chi connectivity index (χ0) is 27.6. The molecule has 3 aromatic heterocycles. The molecule has 0 atom stereocenters. The van der Waals surface area contributed by atoms with Crippen molar-refractivity contribution >= 4 is 22.4 Å². The Morgan fingerprint density at radius 1 is 0.900 bits per heavy atom. The molecule has 0 saturated heterocycles. The molecule has 8 nitrogen and oxygen atoms in total. The highest BCUT2D eigenvalue weighted by molar-refractivity contribution is 7.15. The summed E-state index contributed by atoms with van der Waals surface area (Å²) in [5.74, 6) is 0.770. The molecule has 0 spiro atoms. The summed E-state index contributed by atoms with van der Waals surface area (Å²) < 4.78 is 9.21. The molecule has 198 valence electrons. The van der Waals surface area contributed by atoms with Crippen LogP contribution in [0.2, 0.25) is 0 Å². The van der Waals surface area contributed by atoms with E-state index < -0.39 is 5.56 Å². The molecule has 6 rings (SSSR count). The second-order valence-corrected chi connectivity index (χ2v) is 10.5. The lowest BCUT2D eigenvalue weighted by atomic mass is 10.1. The number of para-hydroxylation sites is 1. The molecule has 0 aliphatic carbocycles. The van der Waals surface area contributed by atoms with Gasteiger partial charge in [0.2, 0.25) is 4.96 Å². The summed E-state index contributed by atoms with van der Waals surface area (Å²) in [6.45, 7) is 3.96. The van der Waals surface area contributed by atoms with Crippen LogP contribution < -0.4 is 20.4 Å². The van der Waals surface area contributed by atoms with Crippen LogP contribution in [0.1, 0.15) is 30.7 Å². The van der Waals surface area contributed by atoms with Crippen molar-refractivity contribution in [3.8, 4) is 22.7 Å². The van der Waals surface area contributed by atoms with Gasteiger partial charge < -0.3 is 4.74 Å². The van der Waals surface area contributed by atoms with E-state index in [4.69, 9.17) is 9.84 Å². The third-order valence-corrected chi connectivity index (χ3v) is 7.17. The van der Waals surface area contributed by atoms with Gasteiger partial charge in [0, 0.05) is 23.7 Å². The standard InChI is InChI=1S/C31H25N5O3S/c1-20(2)39-25-15-13-22(14-16-25)28-23(19-35(34-28)24-11-7-4-8-12-24)18-27-30(38)36-31(40-27)32-29(37)26(33-36)17-21-9-5-3-6-10-21/h3-16,18-20H,17H2,1-2H3. The Hall–Kier alpha value is -4.89. The Morgan fingerprint density at radius 2 is 1.60 bits per heavy atom. The van der Waals surface area contributed by atoms with Crippen LogP contribution >= 0.6 is 11.3 Å². The minimum absolute atomic E-state index is 0.0676. The van der Waals surface area contributed by atoms with Crippen LogP contribution in [0.25, 0.3) is 28.0 Å². The summed E-state index contributed by atoms with van der Waals surface area (Å²) in [6, 6.07) is 27.0. The maximum absolute atomic E-state index is 13.4. The second kappa shape index (κ2) is 10.7. The van der Waals surface area contributed by atoms with Gasteiger partial charge in [-0.15, -0.1) is 0 Å². The Bertz CT molecular complexity index is 1960. The normalized spacial score (nSPS) is 11.9. The summed E-state index contributed by atoms with van der Waals surface area (Å²) >= 11 is 1.13. The van der Waals surface area contributed by atoms with Crippen LogP contribution in [0.5, 0.6) is 5.75 Å². The lowest BCUT2D eigenvalue weighted by Crippen LogP contribution is -2.28. The van der Waals surface area contributed by atoms with E-state index in [9.17, 15) is 9.59 Å². The Balaban J connectivity index is 1.46. The van der Waals surface area contributed by atoms with Gasteiger partial charge >= 0.3 is 0 Å². The van der Waals surface area contributed by atoms with Crippen molar-refractivity contribution in [2.45, 2.75) is 26.4 Å². The molecule has 0 aliphatic heterocycles. The van der Waals surface area contributed by atoms with Crippen LogP contribution in [0.15, 0.2) is 101 Å². The average molecular weight is 548 g/mol. The summed E-state index contributed by atoms with van der Waals surface area (Å²) in [6.07, 6.45) is 4.04. The van der Waals surface area contributed by atoms with Crippen molar-refractivity contribution in [1.29, 1.82) is 0 Å². The fourth-order valence-corrected chi connectivity index (χ4v) is 5.27. The van der Waals surface area contributed by atoms with Crippen molar-refractivity contribution in [1.82, 2.24) is 24.4 Å². The number of nitrogens with zero attached hydrogens (tertiary/aromatic N) is 5. The van der Waals surface area contributed by atoms with Gasteiger partial charge in [0.1, 0.15) is 17.1 Å². The predicted octanol–water partition coefficient (Wildman–Crippen LogP) is 4.29. The van der Waals surface area contributed by atoms with E-state index in [0.717, 1.165) is 39.5 Å². The molecule has 9 heteroatoms. The number of ether oxygens (including phenoxy) is 1. The van der Waals surface area contributed by atoms with Crippen molar-refractivity contribution in [2.75, 3.05) is 0 Å². The Kier molecular flexibility index (Phi) is 6.79. The first-order valence-corrected chi connectivity index (χ1v) is 13.7. The highest BCUT2D eigenvalue weighted by atomic mass is 32.1. The fourth-order valence-electron chi connectivity index (χ4n) is 4.38. The number of thiazole rings is 1. The molecule has 0 N–H and O–H groups in total. The zero-order valence-electron chi connectivity index (χ0n) is 21.9. The summed E-state index contributed by atoms with van der Waals surface area (Å²) in [5.41, 5.74) is 3.61. The molecule has 6 aromatic rings. The molecular weight excluding hydrogens is 522 g/mol. The molecule has 0 amide bonds. The quantitative estimate of drug-likeness (QED) is 0.296. The van der Waals surface area contributed by atoms with Gasteiger partial charge in [0.05, 0.1) is 16.3 Å². The van der Waals surface area contributed by atoms with E-state index in [-0.39, 0.29) is 22.3 Å². The minimum atomic E-state index is -0.432. The molecule has 3 aromatic carbocycles. The number of benzene rings is 3. The van der Waals surface area contributed by atoms with Gasteiger partial charge in [-0.1, -0.05) is 59.9 Å². The predicted molar refractivity (Wildman–Crippen MR) is 156 cm³/mol. The fraction of sp³-hybridized carbons (Fsp3) is 0.129. The van der Waals surface area contributed by atoms with Gasteiger partial charge in [0.15, 0.2) is 0 Å². The van der Waals surface area contributed by atoms with Crippen molar-refractivity contribution in [3.05, 3.63) is 133 Å². The maximum atomic E-state index is 13.4. The minimum Gasteiger partial charge on any atom is -0.491 e. The van der Waals surface area contributed by atoms with E-state index in [1.807, 2.05) is 105 Å². The smallest absolute Gasteiger partial charge is 0.296 e. The highest BCUT2D eigenvalue weighted by Crippen LogP contribution is 2.27. The van der Waals surface area contributed by atoms with Gasteiger partial charge in [-0.05, 0) is 61.9 Å². The van der Waals surface area contributed by atoms with Crippen molar-refractivity contribution in [2.24, 2.45) is 0 Å². The molecule has 0 aliphatic rings. The SMILES string of the molecule is CC(C)Oc1ccc(-c2nn(-c3ccccc3)cc2C=c2sc3nc(=O)c(Cc4ccccc4)nn3c2=O)cc1. The van der Waals surface area contributed by atoms with Crippen LogP contribution in [-0.2, 0) is 6.42 Å². The zero-order valence-corrected chi connectivity index (χ0v) is 22.7. The number of rotatable bonds is 7. The van der Waals surface area contributed by atoms with E-state index in [1.165, 1.54) is 4.52 Å². The average Bonchev–Trinajstić information content (AvgIpc) is 3.51. The topological polar surface area (TPSA) is 91.4 Å². The molecule has 40 heavy (non-hydrogen) atoms. The molecule has 0 bridgehead atoms. The number of fused-ring (bicyclic) bond motifs is 1. The van der Waals surface area contributed by atoms with Gasteiger partial charge in [0.25, 0.3) is 11.1 Å². The van der Waals surface area contributed by atoms with Gasteiger partial charge in [-0.25, -0.2) is 4.68 Å². The second-order valence-electron chi connectivity index (χ2n) is 9.54. The summed E-state index contributed by atoms with van der Waals surface area (Å²) in [5, 5.41) is 9.24. The van der Waals surface area contributed by atoms with E-state index in [1.54, 1.807) is 10.8 Å². The lowest BCUT2D eigenvalue weighted by Gasteiger charge is -2.09. The van der Waals surface area contributed by atoms with E-state index in [2.05, 4.69) is 10.1 Å². The number of hydrogen-bond donors (Lipinski definition) is 0. The summed E-state index contributed by atoms with van der Waals surface area (Å²) in [4.78, 5) is 30.5. The highest BCUT2D eigenvalue weighted by Gasteiger charge is 2.15. The van der Waals surface area contributed by atoms with Crippen LogP contribution in [0.3, 0.4) is 0 Å². The molecule has 0 fully saturated rings. The maximum Gasteiger partial charge on any atom is 0.296 e. The molecule has 0 saturated carbocycles. The molecular formula is C31H25N5O3S. The monoisotopic (exact) mass is 547 g/mol. The molecule has 0 unspecified atom stereocenters. The molecule has 0 radical (unpaired) electrons. The third kappa shape index (κ3) is 5.19. The van der Waals surface area contributed by atoms with Gasteiger partial charge in [-0.2, -0.15) is 19.7 Å². The van der Waals surface area contributed by atoms with Crippen LogP contribution in [0, 0.1) is 0 Å². The summed E-state index contributed by atoms with van der Waals surface area (Å²) in [7, 11) is 0. The Morgan fingerprint density at radius 3 is 2.30 bits per heavy atom. The van der Waals surface area contributed by atoms with Crippen molar-refractivity contribution in [3.63, 3.8) is 0 Å². The molecule has 3 heterocycles. The van der Waals surface area contributed by atoms with Gasteiger partial charge in [-0.3, -0.25) is 9.59 Å². The Labute approximate surface area is 233 Å². The number of hydrogen-bond acceptors (Lipinski definition) is 7. The van der Waals surface area contributed by atoms with E-state index >= 15 is 0 Å². The largest absolute Gasteiger partial charge is 0.491 e. The lowest BCUT2D eigenvalue weighted by molar-refractivity contribution is 0.242. The number of aromatic nitrogens is 5. The van der Waals surface area contributed by atoms with E-state index in [0.29, 0.717) is 16.6 Å². The third-order valence-electron chi connectivity index (χ3n) is 6.21. The first-order chi connectivity index (χ1) is 19.4.